The smallest absolute Gasteiger partial charge is 0.128 e. The molecule has 0 aliphatic rings. The molecule has 0 aliphatic carbocycles. The lowest BCUT2D eigenvalue weighted by Gasteiger charge is -2.20. The number of nitrogens with one attached hydrogen (secondary N) is 1. The molecule has 0 aliphatic heterocycles. The maximum absolute atomic E-state index is 14.1. The highest BCUT2D eigenvalue weighted by atomic mass is 32.1. The molecule has 2 rings (SSSR count). The van der Waals surface area contributed by atoms with Gasteiger partial charge in [0.1, 0.15) is 5.82 Å². The number of rotatable bonds is 5. The number of thiophene rings is 1. The highest BCUT2D eigenvalue weighted by molar-refractivity contribution is 7.08. The first-order valence-electron chi connectivity index (χ1n) is 6.65. The third-order valence-electron chi connectivity index (χ3n) is 3.27. The second-order valence-corrected chi connectivity index (χ2v) is 5.67. The molecule has 3 heteroatoms. The van der Waals surface area contributed by atoms with E-state index in [0.29, 0.717) is 0 Å². The molecule has 2 aromatic rings. The van der Waals surface area contributed by atoms with Crippen LogP contribution in [0.25, 0.3) is 0 Å². The molecule has 0 bridgehead atoms. The Hall–Kier alpha value is -1.19. The monoisotopic (exact) mass is 277 g/mol. The van der Waals surface area contributed by atoms with Crippen molar-refractivity contribution in [2.75, 3.05) is 6.54 Å². The molecule has 19 heavy (non-hydrogen) atoms. The van der Waals surface area contributed by atoms with Crippen molar-refractivity contribution < 1.29 is 4.39 Å². The van der Waals surface area contributed by atoms with Crippen LogP contribution in [-0.4, -0.2) is 6.54 Å². The number of aryl methyl sites for hydroxylation is 2. The van der Waals surface area contributed by atoms with E-state index >= 15 is 0 Å². The molecule has 0 saturated heterocycles. The molecular formula is C16H20FNS. The first-order chi connectivity index (χ1) is 9.13. The average molecular weight is 277 g/mol. The van der Waals surface area contributed by atoms with Gasteiger partial charge in [0.2, 0.25) is 0 Å². The Bertz CT molecular complexity index is 547. The summed E-state index contributed by atoms with van der Waals surface area (Å²) in [5, 5.41) is 7.69. The van der Waals surface area contributed by atoms with Gasteiger partial charge in [-0.3, -0.25) is 0 Å². The summed E-state index contributed by atoms with van der Waals surface area (Å²) in [6.07, 6.45) is 1.03. The van der Waals surface area contributed by atoms with Gasteiger partial charge in [0, 0.05) is 5.56 Å². The minimum absolute atomic E-state index is 0.0499. The zero-order valence-corrected chi connectivity index (χ0v) is 12.5. The quantitative estimate of drug-likeness (QED) is 0.842. The Morgan fingerprint density at radius 1 is 1.21 bits per heavy atom. The van der Waals surface area contributed by atoms with Gasteiger partial charge in [-0.2, -0.15) is 11.3 Å². The minimum atomic E-state index is -0.134. The van der Waals surface area contributed by atoms with Gasteiger partial charge in [-0.1, -0.05) is 24.6 Å². The van der Waals surface area contributed by atoms with Crippen molar-refractivity contribution >= 4 is 11.3 Å². The van der Waals surface area contributed by atoms with E-state index in [4.69, 9.17) is 0 Å². The third kappa shape index (κ3) is 3.23. The lowest BCUT2D eigenvalue weighted by atomic mass is 9.96. The van der Waals surface area contributed by atoms with Crippen LogP contribution in [0, 0.1) is 19.7 Å². The van der Waals surface area contributed by atoms with E-state index in [1.54, 1.807) is 17.4 Å². The molecule has 0 radical (unpaired) electrons. The molecule has 0 amide bonds. The molecule has 1 N–H and O–H groups in total. The summed E-state index contributed by atoms with van der Waals surface area (Å²) in [7, 11) is 0. The summed E-state index contributed by atoms with van der Waals surface area (Å²) in [6, 6.07) is 5.27. The second kappa shape index (κ2) is 6.31. The standard InChI is InChI=1S/C16H20FNS/c1-4-7-18-16(14-10-19-9-12(14)3)13-8-11(2)5-6-15(13)17/h5-6,8-10,16,18H,4,7H2,1-3H3. The van der Waals surface area contributed by atoms with Crippen LogP contribution in [0.4, 0.5) is 4.39 Å². The van der Waals surface area contributed by atoms with Crippen LogP contribution in [0.2, 0.25) is 0 Å². The fraction of sp³-hybridized carbons (Fsp3) is 0.375. The summed E-state index contributed by atoms with van der Waals surface area (Å²) in [6.45, 7) is 7.09. The lowest BCUT2D eigenvalue weighted by Crippen LogP contribution is -2.24. The summed E-state index contributed by atoms with van der Waals surface area (Å²) in [5.41, 5.74) is 4.24. The van der Waals surface area contributed by atoms with Gasteiger partial charge in [-0.25, -0.2) is 4.39 Å². The van der Waals surface area contributed by atoms with Crippen LogP contribution in [-0.2, 0) is 0 Å². The van der Waals surface area contributed by atoms with E-state index in [2.05, 4.69) is 29.9 Å². The predicted octanol–water partition coefficient (Wildman–Crippen LogP) is 4.59. The van der Waals surface area contributed by atoms with E-state index < -0.39 is 0 Å². The molecule has 0 fully saturated rings. The third-order valence-corrected chi connectivity index (χ3v) is 4.15. The van der Waals surface area contributed by atoms with Crippen molar-refractivity contribution in [3.63, 3.8) is 0 Å². The predicted molar refractivity (Wildman–Crippen MR) is 80.3 cm³/mol. The maximum Gasteiger partial charge on any atom is 0.128 e. The molecule has 1 aromatic carbocycles. The van der Waals surface area contributed by atoms with Gasteiger partial charge in [0.15, 0.2) is 0 Å². The topological polar surface area (TPSA) is 12.0 Å². The van der Waals surface area contributed by atoms with Crippen LogP contribution in [0.3, 0.4) is 0 Å². The van der Waals surface area contributed by atoms with Crippen LogP contribution in [0.1, 0.15) is 41.6 Å². The van der Waals surface area contributed by atoms with Gasteiger partial charge in [-0.15, -0.1) is 0 Å². The first-order valence-corrected chi connectivity index (χ1v) is 7.60. The van der Waals surface area contributed by atoms with E-state index in [9.17, 15) is 4.39 Å². The molecule has 0 saturated carbocycles. The van der Waals surface area contributed by atoms with Crippen molar-refractivity contribution in [3.05, 3.63) is 57.0 Å². The van der Waals surface area contributed by atoms with Crippen LogP contribution >= 0.6 is 11.3 Å². The number of hydrogen-bond donors (Lipinski definition) is 1. The van der Waals surface area contributed by atoms with Gasteiger partial charge >= 0.3 is 0 Å². The van der Waals surface area contributed by atoms with Gasteiger partial charge in [0.05, 0.1) is 6.04 Å². The van der Waals surface area contributed by atoms with E-state index in [1.165, 1.54) is 11.1 Å². The van der Waals surface area contributed by atoms with Gasteiger partial charge in [0.25, 0.3) is 0 Å². The fourth-order valence-electron chi connectivity index (χ4n) is 2.23. The van der Waals surface area contributed by atoms with Crippen LogP contribution in [0.15, 0.2) is 29.0 Å². The van der Waals surface area contributed by atoms with Gasteiger partial charge in [-0.05, 0) is 54.8 Å². The summed E-state index contributed by atoms with van der Waals surface area (Å²) < 4.78 is 14.1. The molecule has 1 atom stereocenters. The summed E-state index contributed by atoms with van der Waals surface area (Å²) >= 11 is 1.67. The zero-order valence-electron chi connectivity index (χ0n) is 11.7. The SMILES string of the molecule is CCCNC(c1cscc1C)c1cc(C)ccc1F. The normalized spacial score (nSPS) is 12.6. The number of halogens is 1. The average Bonchev–Trinajstić information content (AvgIpc) is 2.80. The Morgan fingerprint density at radius 2 is 2.00 bits per heavy atom. The largest absolute Gasteiger partial charge is 0.306 e. The Morgan fingerprint density at radius 3 is 2.63 bits per heavy atom. The Kier molecular flexibility index (Phi) is 4.72. The maximum atomic E-state index is 14.1. The molecule has 102 valence electrons. The molecule has 1 heterocycles. The highest BCUT2D eigenvalue weighted by Gasteiger charge is 2.19. The molecule has 1 unspecified atom stereocenters. The summed E-state index contributed by atoms with van der Waals surface area (Å²) in [4.78, 5) is 0. The lowest BCUT2D eigenvalue weighted by molar-refractivity contribution is 0.546. The minimum Gasteiger partial charge on any atom is -0.306 e. The molecule has 1 nitrogen and oxygen atoms in total. The van der Waals surface area contributed by atoms with E-state index in [1.807, 2.05) is 19.1 Å². The number of hydrogen-bond acceptors (Lipinski definition) is 2. The van der Waals surface area contributed by atoms with Crippen molar-refractivity contribution in [2.45, 2.75) is 33.2 Å². The van der Waals surface area contributed by atoms with Crippen LogP contribution in [0.5, 0.6) is 0 Å². The van der Waals surface area contributed by atoms with Gasteiger partial charge < -0.3 is 5.32 Å². The van der Waals surface area contributed by atoms with Crippen molar-refractivity contribution in [2.24, 2.45) is 0 Å². The van der Waals surface area contributed by atoms with E-state index in [-0.39, 0.29) is 11.9 Å². The number of benzene rings is 1. The molecule has 0 spiro atoms. The van der Waals surface area contributed by atoms with E-state index in [0.717, 1.165) is 24.1 Å². The summed E-state index contributed by atoms with van der Waals surface area (Å²) in [5.74, 6) is -0.134. The Labute approximate surface area is 118 Å². The highest BCUT2D eigenvalue weighted by Crippen LogP contribution is 2.29. The Balaban J connectivity index is 2.42. The molecule has 1 aromatic heterocycles. The van der Waals surface area contributed by atoms with Crippen molar-refractivity contribution in [1.82, 2.24) is 5.32 Å². The zero-order chi connectivity index (χ0) is 13.8. The van der Waals surface area contributed by atoms with Crippen molar-refractivity contribution in [3.8, 4) is 0 Å². The van der Waals surface area contributed by atoms with Crippen LogP contribution < -0.4 is 5.32 Å². The van der Waals surface area contributed by atoms with Crippen molar-refractivity contribution in [1.29, 1.82) is 0 Å². The second-order valence-electron chi connectivity index (χ2n) is 4.92. The molecular weight excluding hydrogens is 257 g/mol. The first kappa shape index (κ1) is 14.2. The fourth-order valence-corrected chi connectivity index (χ4v) is 3.10.